The number of benzene rings is 1. The molecule has 0 bridgehead atoms. The summed E-state index contributed by atoms with van der Waals surface area (Å²) in [4.78, 5) is 10.4. The molecule has 0 atom stereocenters. The Morgan fingerprint density at radius 2 is 1.73 bits per heavy atom. The van der Waals surface area contributed by atoms with Crippen LogP contribution >= 0.6 is 11.8 Å². The van der Waals surface area contributed by atoms with Crippen molar-refractivity contribution in [2.24, 2.45) is 4.99 Å². The average molecular weight is 382 g/mol. The molecule has 2 N–H and O–H groups in total. The molecule has 1 fully saturated rings. The Labute approximate surface area is 161 Å². The second-order valence-corrected chi connectivity index (χ2v) is 7.53. The Morgan fingerprint density at radius 1 is 1.08 bits per heavy atom. The molecule has 1 aromatic carbocycles. The van der Waals surface area contributed by atoms with Crippen molar-refractivity contribution in [3.8, 4) is 0 Å². The topological polar surface area (TPSA) is 42.9 Å². The maximum atomic E-state index is 12.9. The fourth-order valence-corrected chi connectivity index (χ4v) is 3.73. The summed E-state index contributed by atoms with van der Waals surface area (Å²) in [6.45, 7) is 10.9. The molecule has 0 radical (unpaired) electrons. The first-order chi connectivity index (χ1) is 12.7. The highest BCUT2D eigenvalue weighted by Crippen LogP contribution is 2.18. The van der Waals surface area contributed by atoms with Crippen molar-refractivity contribution < 1.29 is 4.39 Å². The van der Waals surface area contributed by atoms with Crippen LogP contribution in [-0.4, -0.2) is 80.9 Å². The van der Waals surface area contributed by atoms with Crippen LogP contribution in [0.2, 0.25) is 0 Å². The molecule has 0 aromatic heterocycles. The number of hydrogen-bond acceptors (Lipinski definition) is 4. The lowest BCUT2D eigenvalue weighted by Gasteiger charge is -2.34. The van der Waals surface area contributed by atoms with Gasteiger partial charge in [-0.15, -0.1) is 11.8 Å². The molecule has 26 heavy (non-hydrogen) atoms. The Bertz CT molecular complexity index is 529. The number of likely N-dealkylation sites (N-methyl/N-ethyl adjacent to an activating group) is 1. The molecule has 1 heterocycles. The molecule has 0 saturated carbocycles. The van der Waals surface area contributed by atoms with Crippen LogP contribution in [0.3, 0.4) is 0 Å². The van der Waals surface area contributed by atoms with E-state index in [-0.39, 0.29) is 5.82 Å². The van der Waals surface area contributed by atoms with Crippen LogP contribution in [0.15, 0.2) is 34.2 Å². The van der Waals surface area contributed by atoms with Crippen molar-refractivity contribution in [3.63, 3.8) is 0 Å². The average Bonchev–Trinajstić information content (AvgIpc) is 2.68. The third kappa shape index (κ3) is 7.93. The van der Waals surface area contributed by atoms with Crippen molar-refractivity contribution in [2.75, 3.05) is 65.2 Å². The molecule has 0 spiro atoms. The minimum atomic E-state index is -0.182. The Morgan fingerprint density at radius 3 is 2.38 bits per heavy atom. The molecule has 1 aliphatic heterocycles. The number of rotatable bonds is 9. The summed E-state index contributed by atoms with van der Waals surface area (Å²) < 4.78 is 12.9. The molecule has 1 aliphatic rings. The van der Waals surface area contributed by atoms with Gasteiger partial charge in [0.05, 0.1) is 0 Å². The molecule has 0 unspecified atom stereocenters. The fraction of sp³-hybridized carbons (Fsp3) is 0.632. The van der Waals surface area contributed by atoms with Crippen LogP contribution in [0.25, 0.3) is 0 Å². The van der Waals surface area contributed by atoms with Gasteiger partial charge in [0.15, 0.2) is 5.96 Å². The number of nitrogens with zero attached hydrogens (tertiary/aromatic N) is 3. The Kier molecular flexibility index (Phi) is 9.81. The monoisotopic (exact) mass is 381 g/mol. The van der Waals surface area contributed by atoms with E-state index in [4.69, 9.17) is 0 Å². The summed E-state index contributed by atoms with van der Waals surface area (Å²) >= 11 is 1.75. The van der Waals surface area contributed by atoms with Crippen molar-refractivity contribution in [3.05, 3.63) is 30.1 Å². The second kappa shape index (κ2) is 12.1. The number of thioether (sulfide) groups is 1. The summed E-state index contributed by atoms with van der Waals surface area (Å²) in [6, 6.07) is 6.67. The van der Waals surface area contributed by atoms with Gasteiger partial charge < -0.3 is 15.5 Å². The van der Waals surface area contributed by atoms with E-state index in [1.807, 2.05) is 19.2 Å². The molecule has 7 heteroatoms. The lowest BCUT2D eigenvalue weighted by atomic mass is 10.3. The summed E-state index contributed by atoms with van der Waals surface area (Å²) in [7, 11) is 1.81. The van der Waals surface area contributed by atoms with Gasteiger partial charge in [0.2, 0.25) is 0 Å². The third-order valence-electron chi connectivity index (χ3n) is 4.55. The highest BCUT2D eigenvalue weighted by Gasteiger charge is 2.14. The standard InChI is InChI=1S/C19H32FN5S/c1-3-24-12-14-25(15-13-24)11-10-23-19(21-2)22-9-4-16-26-18-7-5-17(20)6-8-18/h5-8H,3-4,9-16H2,1-2H3,(H2,21,22,23). The summed E-state index contributed by atoms with van der Waals surface area (Å²) in [6.07, 6.45) is 1.03. The van der Waals surface area contributed by atoms with E-state index < -0.39 is 0 Å². The highest BCUT2D eigenvalue weighted by atomic mass is 32.2. The molecule has 5 nitrogen and oxygen atoms in total. The molecular formula is C19H32FN5S. The van der Waals surface area contributed by atoms with Gasteiger partial charge >= 0.3 is 0 Å². The zero-order valence-corrected chi connectivity index (χ0v) is 16.8. The number of halogens is 1. The summed E-state index contributed by atoms with van der Waals surface area (Å²) in [5.74, 6) is 1.68. The van der Waals surface area contributed by atoms with Crippen LogP contribution in [0.5, 0.6) is 0 Å². The zero-order chi connectivity index (χ0) is 18.6. The van der Waals surface area contributed by atoms with Crippen LogP contribution in [-0.2, 0) is 0 Å². The number of guanidine groups is 1. The lowest BCUT2D eigenvalue weighted by Crippen LogP contribution is -2.49. The Hall–Kier alpha value is -1.31. The van der Waals surface area contributed by atoms with Crippen molar-refractivity contribution in [2.45, 2.75) is 18.2 Å². The molecular weight excluding hydrogens is 349 g/mol. The van der Waals surface area contributed by atoms with E-state index in [9.17, 15) is 4.39 Å². The molecule has 0 amide bonds. The number of aliphatic imine (C=N–C) groups is 1. The van der Waals surface area contributed by atoms with Gasteiger partial charge in [-0.25, -0.2) is 4.39 Å². The maximum absolute atomic E-state index is 12.9. The molecule has 1 aromatic rings. The van der Waals surface area contributed by atoms with Crippen LogP contribution in [0, 0.1) is 5.82 Å². The first-order valence-electron chi connectivity index (χ1n) is 9.49. The quantitative estimate of drug-likeness (QED) is 0.297. The SMILES string of the molecule is CCN1CCN(CCNC(=NC)NCCCSc2ccc(F)cc2)CC1. The van der Waals surface area contributed by atoms with Crippen molar-refractivity contribution in [1.29, 1.82) is 0 Å². The van der Waals surface area contributed by atoms with E-state index in [0.717, 1.165) is 62.3 Å². The number of piperazine rings is 1. The summed E-state index contributed by atoms with van der Waals surface area (Å²) in [5.41, 5.74) is 0. The highest BCUT2D eigenvalue weighted by molar-refractivity contribution is 7.99. The van der Waals surface area contributed by atoms with Gasteiger partial charge in [-0.2, -0.15) is 0 Å². The number of hydrogen-bond donors (Lipinski definition) is 2. The maximum Gasteiger partial charge on any atom is 0.191 e. The lowest BCUT2D eigenvalue weighted by molar-refractivity contribution is 0.139. The predicted octanol–water partition coefficient (Wildman–Crippen LogP) is 2.11. The first kappa shape index (κ1) is 21.0. The van der Waals surface area contributed by atoms with Crippen LogP contribution in [0.1, 0.15) is 13.3 Å². The largest absolute Gasteiger partial charge is 0.356 e. The zero-order valence-electron chi connectivity index (χ0n) is 16.0. The molecule has 1 saturated heterocycles. The van der Waals surface area contributed by atoms with Gasteiger partial charge in [-0.1, -0.05) is 6.92 Å². The molecule has 2 rings (SSSR count). The third-order valence-corrected chi connectivity index (χ3v) is 5.65. The van der Waals surface area contributed by atoms with Gasteiger partial charge in [0.25, 0.3) is 0 Å². The van der Waals surface area contributed by atoms with E-state index in [1.165, 1.54) is 25.2 Å². The van der Waals surface area contributed by atoms with Crippen molar-refractivity contribution >= 4 is 17.7 Å². The smallest absolute Gasteiger partial charge is 0.191 e. The Balaban J connectivity index is 1.52. The molecule has 146 valence electrons. The van der Waals surface area contributed by atoms with Crippen LogP contribution in [0.4, 0.5) is 4.39 Å². The fourth-order valence-electron chi connectivity index (χ4n) is 2.88. The second-order valence-electron chi connectivity index (χ2n) is 6.36. The van der Waals surface area contributed by atoms with Crippen LogP contribution < -0.4 is 10.6 Å². The minimum absolute atomic E-state index is 0.182. The van der Waals surface area contributed by atoms with E-state index in [2.05, 4.69) is 32.3 Å². The molecule has 0 aliphatic carbocycles. The summed E-state index contributed by atoms with van der Waals surface area (Å²) in [5, 5.41) is 6.75. The van der Waals surface area contributed by atoms with E-state index in [0.29, 0.717) is 0 Å². The van der Waals surface area contributed by atoms with Gasteiger partial charge in [-0.05, 0) is 43.0 Å². The van der Waals surface area contributed by atoms with Gasteiger partial charge in [0.1, 0.15) is 5.82 Å². The number of nitrogens with one attached hydrogen (secondary N) is 2. The van der Waals surface area contributed by atoms with E-state index in [1.54, 1.807) is 11.8 Å². The van der Waals surface area contributed by atoms with Crippen molar-refractivity contribution in [1.82, 2.24) is 20.4 Å². The van der Waals surface area contributed by atoms with Gasteiger partial charge in [-0.3, -0.25) is 9.89 Å². The van der Waals surface area contributed by atoms with Gasteiger partial charge in [0, 0.05) is 57.8 Å². The predicted molar refractivity (Wildman–Crippen MR) is 110 cm³/mol. The normalized spacial score (nSPS) is 16.7. The van der Waals surface area contributed by atoms with E-state index >= 15 is 0 Å². The first-order valence-corrected chi connectivity index (χ1v) is 10.5. The minimum Gasteiger partial charge on any atom is -0.356 e.